The molecule has 0 N–H and O–H groups in total. The van der Waals surface area contributed by atoms with Crippen molar-refractivity contribution < 1.29 is 23.8 Å². The molecule has 0 atom stereocenters. The molecule has 0 aliphatic heterocycles. The molecule has 5 nitrogen and oxygen atoms in total. The number of carbonyl (C=O) groups is 2. The maximum Gasteiger partial charge on any atom is 0.352 e. The summed E-state index contributed by atoms with van der Waals surface area (Å²) in [5.41, 5.74) is 0.437. The lowest BCUT2D eigenvalue weighted by Gasteiger charge is -2.09. The molecular weight excluding hydrogens is 352 g/mol. The number of benzene rings is 2. The zero-order valence-corrected chi connectivity index (χ0v) is 15.3. The van der Waals surface area contributed by atoms with Crippen LogP contribution in [0.15, 0.2) is 48.5 Å². The maximum absolute atomic E-state index is 12.5. The van der Waals surface area contributed by atoms with Gasteiger partial charge in [0.2, 0.25) is 5.78 Å². The van der Waals surface area contributed by atoms with Crippen molar-refractivity contribution in [2.45, 2.75) is 6.92 Å². The van der Waals surface area contributed by atoms with Crippen LogP contribution in [0.1, 0.15) is 27.0 Å². The molecule has 6 heteroatoms. The lowest BCUT2D eigenvalue weighted by Crippen LogP contribution is -2.14. The summed E-state index contributed by atoms with van der Waals surface area (Å²) >= 11 is 1.29. The minimum absolute atomic E-state index is 0.201. The minimum atomic E-state index is -0.451. The van der Waals surface area contributed by atoms with Gasteiger partial charge in [0.15, 0.2) is 17.2 Å². The van der Waals surface area contributed by atoms with Crippen LogP contribution in [0.25, 0.3) is 10.1 Å². The summed E-state index contributed by atoms with van der Waals surface area (Å²) in [6.45, 7) is 1.82. The molecule has 0 aliphatic rings. The van der Waals surface area contributed by atoms with E-state index in [1.54, 1.807) is 31.2 Å². The van der Waals surface area contributed by atoms with Gasteiger partial charge in [-0.2, -0.15) is 0 Å². The van der Waals surface area contributed by atoms with Gasteiger partial charge in [-0.15, -0.1) is 11.3 Å². The largest absolute Gasteiger partial charge is 0.496 e. The third-order valence-electron chi connectivity index (χ3n) is 3.77. The minimum Gasteiger partial charge on any atom is -0.496 e. The number of Topliss-reactive ketones (excluding diaryl/α,β-unsaturated/α-hetero) is 1. The van der Waals surface area contributed by atoms with Gasteiger partial charge in [-0.25, -0.2) is 4.79 Å². The topological polar surface area (TPSA) is 61.8 Å². The molecule has 3 rings (SSSR count). The zero-order chi connectivity index (χ0) is 18.5. The van der Waals surface area contributed by atoms with Crippen molar-refractivity contribution in [3.8, 4) is 11.5 Å². The average molecular weight is 370 g/mol. The summed E-state index contributed by atoms with van der Waals surface area (Å²) in [4.78, 5) is 25.2. The van der Waals surface area contributed by atoms with Crippen LogP contribution in [0.2, 0.25) is 0 Å². The van der Waals surface area contributed by atoms with Gasteiger partial charge in [-0.3, -0.25) is 4.79 Å². The third kappa shape index (κ3) is 3.55. The van der Waals surface area contributed by atoms with Crippen molar-refractivity contribution >= 4 is 33.2 Å². The number of methoxy groups -OCH3 is 1. The van der Waals surface area contributed by atoms with Gasteiger partial charge < -0.3 is 14.2 Å². The standard InChI is InChI=1S/C20H18O5S/c1-3-24-20(22)19-18(14-9-5-7-11-17(14)26-19)25-12-15(21)13-8-4-6-10-16(13)23-2/h4-11H,3,12H2,1-2H3. The first-order valence-electron chi connectivity index (χ1n) is 8.13. The number of carbonyl (C=O) groups excluding carboxylic acids is 2. The summed E-state index contributed by atoms with van der Waals surface area (Å²) in [5, 5.41) is 0.786. The molecule has 0 fully saturated rings. The second-order valence-electron chi connectivity index (χ2n) is 5.39. The van der Waals surface area contributed by atoms with Crippen molar-refractivity contribution in [3.63, 3.8) is 0 Å². The van der Waals surface area contributed by atoms with Gasteiger partial charge in [0.1, 0.15) is 5.75 Å². The van der Waals surface area contributed by atoms with E-state index < -0.39 is 5.97 Å². The van der Waals surface area contributed by atoms with E-state index in [4.69, 9.17) is 14.2 Å². The zero-order valence-electron chi connectivity index (χ0n) is 14.5. The van der Waals surface area contributed by atoms with Crippen LogP contribution in [0, 0.1) is 0 Å². The summed E-state index contributed by atoms with van der Waals surface area (Å²) in [5.74, 6) is 0.190. The van der Waals surface area contributed by atoms with Crippen LogP contribution in [-0.4, -0.2) is 32.1 Å². The smallest absolute Gasteiger partial charge is 0.352 e. The molecule has 1 aromatic heterocycles. The first kappa shape index (κ1) is 17.9. The first-order chi connectivity index (χ1) is 12.7. The van der Waals surface area contributed by atoms with Crippen molar-refractivity contribution in [1.82, 2.24) is 0 Å². The lowest BCUT2D eigenvalue weighted by molar-refractivity contribution is 0.0526. The molecule has 0 amide bonds. The monoisotopic (exact) mass is 370 g/mol. The average Bonchev–Trinajstić information content (AvgIpc) is 3.05. The van der Waals surface area contributed by atoms with E-state index in [1.165, 1.54) is 18.4 Å². The van der Waals surface area contributed by atoms with Gasteiger partial charge in [0.05, 0.1) is 19.3 Å². The molecule has 0 bridgehead atoms. The molecule has 3 aromatic rings. The number of fused-ring (bicyclic) bond motifs is 1. The highest BCUT2D eigenvalue weighted by molar-refractivity contribution is 7.21. The van der Waals surface area contributed by atoms with Crippen molar-refractivity contribution in [3.05, 3.63) is 59.0 Å². The van der Waals surface area contributed by atoms with Crippen LogP contribution in [0.3, 0.4) is 0 Å². The van der Waals surface area contributed by atoms with Crippen LogP contribution in [-0.2, 0) is 4.74 Å². The highest BCUT2D eigenvalue weighted by Crippen LogP contribution is 2.38. The Hall–Kier alpha value is -2.86. The Morgan fingerprint density at radius 2 is 1.77 bits per heavy atom. The fraction of sp³-hybridized carbons (Fsp3) is 0.200. The fourth-order valence-electron chi connectivity index (χ4n) is 2.59. The Balaban J connectivity index is 1.89. The molecule has 0 spiro atoms. The van der Waals surface area contributed by atoms with Gasteiger partial charge in [0.25, 0.3) is 0 Å². The Morgan fingerprint density at radius 1 is 1.04 bits per heavy atom. The molecular formula is C20H18O5S. The summed E-state index contributed by atoms with van der Waals surface area (Å²) in [7, 11) is 1.51. The summed E-state index contributed by atoms with van der Waals surface area (Å²) in [6.07, 6.45) is 0. The molecule has 26 heavy (non-hydrogen) atoms. The lowest BCUT2D eigenvalue weighted by atomic mass is 10.1. The fourth-order valence-corrected chi connectivity index (χ4v) is 3.63. The van der Waals surface area contributed by atoms with E-state index in [0.29, 0.717) is 21.9 Å². The normalized spacial score (nSPS) is 10.5. The highest BCUT2D eigenvalue weighted by Gasteiger charge is 2.22. The second kappa shape index (κ2) is 8.01. The Bertz CT molecular complexity index is 944. The van der Waals surface area contributed by atoms with E-state index in [0.717, 1.165) is 10.1 Å². The molecule has 134 valence electrons. The molecule has 0 saturated carbocycles. The van der Waals surface area contributed by atoms with Crippen LogP contribution >= 0.6 is 11.3 Å². The maximum atomic E-state index is 12.5. The number of hydrogen-bond acceptors (Lipinski definition) is 6. The van der Waals surface area contributed by atoms with E-state index in [-0.39, 0.29) is 19.0 Å². The van der Waals surface area contributed by atoms with Crippen LogP contribution < -0.4 is 9.47 Å². The number of rotatable bonds is 7. The number of ether oxygens (including phenoxy) is 3. The number of esters is 1. The quantitative estimate of drug-likeness (QED) is 0.457. The number of hydrogen-bond donors (Lipinski definition) is 0. The number of para-hydroxylation sites is 1. The van der Waals surface area contributed by atoms with Crippen molar-refractivity contribution in [2.75, 3.05) is 20.3 Å². The van der Waals surface area contributed by atoms with Gasteiger partial charge in [-0.05, 0) is 31.2 Å². The van der Waals surface area contributed by atoms with Crippen molar-refractivity contribution in [1.29, 1.82) is 0 Å². The van der Waals surface area contributed by atoms with Gasteiger partial charge >= 0.3 is 5.97 Å². The molecule has 0 radical (unpaired) electrons. The Labute approximate surface area is 155 Å². The Kier molecular flexibility index (Phi) is 5.53. The van der Waals surface area contributed by atoms with Gasteiger partial charge in [0, 0.05) is 10.1 Å². The van der Waals surface area contributed by atoms with E-state index in [9.17, 15) is 9.59 Å². The molecule has 0 unspecified atom stereocenters. The first-order valence-corrected chi connectivity index (χ1v) is 8.95. The van der Waals surface area contributed by atoms with Crippen molar-refractivity contribution in [2.24, 2.45) is 0 Å². The van der Waals surface area contributed by atoms with E-state index >= 15 is 0 Å². The number of thiophene rings is 1. The predicted molar refractivity (Wildman–Crippen MR) is 101 cm³/mol. The molecule has 1 heterocycles. The van der Waals surface area contributed by atoms with E-state index in [1.807, 2.05) is 24.3 Å². The molecule has 0 aliphatic carbocycles. The number of ketones is 1. The SMILES string of the molecule is CCOC(=O)c1sc2ccccc2c1OCC(=O)c1ccccc1OC. The molecule has 0 saturated heterocycles. The van der Waals surface area contributed by atoms with Crippen LogP contribution in [0.5, 0.6) is 11.5 Å². The van der Waals surface area contributed by atoms with E-state index in [2.05, 4.69) is 0 Å². The third-order valence-corrected chi connectivity index (χ3v) is 4.90. The summed E-state index contributed by atoms with van der Waals surface area (Å²) in [6, 6.07) is 14.5. The summed E-state index contributed by atoms with van der Waals surface area (Å²) < 4.78 is 17.0. The van der Waals surface area contributed by atoms with Crippen LogP contribution in [0.4, 0.5) is 0 Å². The molecule has 2 aromatic carbocycles. The highest BCUT2D eigenvalue weighted by atomic mass is 32.1. The predicted octanol–water partition coefficient (Wildman–Crippen LogP) is 4.35. The second-order valence-corrected chi connectivity index (χ2v) is 6.44. The Morgan fingerprint density at radius 3 is 2.54 bits per heavy atom. The van der Waals surface area contributed by atoms with Gasteiger partial charge in [-0.1, -0.05) is 24.3 Å².